The molecule has 19 heavy (non-hydrogen) atoms. The van der Waals surface area contributed by atoms with E-state index in [1.165, 1.54) is 19.5 Å². The molecule has 0 aliphatic rings. The number of hydrogen-bond acceptors (Lipinski definition) is 5. The number of hydrogen-bond donors (Lipinski definition) is 2. The molecule has 5 nitrogen and oxygen atoms in total. The van der Waals surface area contributed by atoms with Gasteiger partial charge in [0.15, 0.2) is 11.6 Å². The molecule has 0 saturated carbocycles. The predicted molar refractivity (Wildman–Crippen MR) is 71.9 cm³/mol. The van der Waals surface area contributed by atoms with Gasteiger partial charge >= 0.3 is 0 Å². The third-order valence-corrected chi connectivity index (χ3v) is 2.61. The molecule has 2 aromatic rings. The Bertz CT molecular complexity index is 562. The molecule has 0 unspecified atom stereocenters. The minimum atomic E-state index is -0.375. The number of nitrogens with zero attached hydrogens (tertiary/aromatic N) is 2. The molecule has 6 heteroatoms. The van der Waals surface area contributed by atoms with Crippen LogP contribution in [-0.2, 0) is 6.54 Å². The van der Waals surface area contributed by atoms with Gasteiger partial charge in [-0.15, -0.1) is 0 Å². The number of aromatic nitrogens is 2. The highest BCUT2D eigenvalue weighted by molar-refractivity contribution is 5.46. The quantitative estimate of drug-likeness (QED) is 0.865. The SMILES string of the molecule is CNc1cc(NCc2ccc(OC)c(F)c2)ncn1. The van der Waals surface area contributed by atoms with E-state index in [-0.39, 0.29) is 11.6 Å². The van der Waals surface area contributed by atoms with E-state index in [1.807, 2.05) is 0 Å². The topological polar surface area (TPSA) is 59.1 Å². The second-order valence-corrected chi connectivity index (χ2v) is 3.86. The molecule has 0 atom stereocenters. The summed E-state index contributed by atoms with van der Waals surface area (Å²) >= 11 is 0. The average molecular weight is 262 g/mol. The van der Waals surface area contributed by atoms with Gasteiger partial charge in [-0.3, -0.25) is 0 Å². The molecule has 0 bridgehead atoms. The summed E-state index contributed by atoms with van der Waals surface area (Å²) in [5, 5.41) is 6.02. The van der Waals surface area contributed by atoms with E-state index >= 15 is 0 Å². The molecule has 2 N–H and O–H groups in total. The molecule has 1 aromatic carbocycles. The van der Waals surface area contributed by atoms with Gasteiger partial charge in [0.1, 0.15) is 18.0 Å². The van der Waals surface area contributed by atoms with Crippen molar-refractivity contribution in [1.29, 1.82) is 0 Å². The van der Waals surface area contributed by atoms with Crippen molar-refractivity contribution in [2.75, 3.05) is 24.8 Å². The van der Waals surface area contributed by atoms with Crippen molar-refractivity contribution >= 4 is 11.6 Å². The van der Waals surface area contributed by atoms with E-state index in [2.05, 4.69) is 20.6 Å². The molecular formula is C13H15FN4O. The van der Waals surface area contributed by atoms with Crippen molar-refractivity contribution in [2.45, 2.75) is 6.54 Å². The first-order valence-corrected chi connectivity index (χ1v) is 5.79. The number of anilines is 2. The smallest absolute Gasteiger partial charge is 0.165 e. The van der Waals surface area contributed by atoms with Gasteiger partial charge in [0.2, 0.25) is 0 Å². The Balaban J connectivity index is 2.03. The van der Waals surface area contributed by atoms with Crippen LogP contribution >= 0.6 is 0 Å². The van der Waals surface area contributed by atoms with Crippen LogP contribution < -0.4 is 15.4 Å². The van der Waals surface area contributed by atoms with Crippen LogP contribution in [0.3, 0.4) is 0 Å². The van der Waals surface area contributed by atoms with Gasteiger partial charge < -0.3 is 15.4 Å². The molecule has 0 radical (unpaired) electrons. The van der Waals surface area contributed by atoms with E-state index in [1.54, 1.807) is 25.2 Å². The van der Waals surface area contributed by atoms with Crippen LogP contribution in [0.5, 0.6) is 5.75 Å². The van der Waals surface area contributed by atoms with Crippen LogP contribution in [0.15, 0.2) is 30.6 Å². The van der Waals surface area contributed by atoms with Crippen molar-refractivity contribution in [3.63, 3.8) is 0 Å². The number of ether oxygens (including phenoxy) is 1. The molecule has 1 aromatic heterocycles. The number of rotatable bonds is 5. The van der Waals surface area contributed by atoms with Gasteiger partial charge in [-0.2, -0.15) is 0 Å². The maximum atomic E-state index is 13.5. The highest BCUT2D eigenvalue weighted by atomic mass is 19.1. The summed E-state index contributed by atoms with van der Waals surface area (Å²) < 4.78 is 18.4. The van der Waals surface area contributed by atoms with Crippen LogP contribution in [0.4, 0.5) is 16.0 Å². The Kier molecular flexibility index (Phi) is 4.12. The molecule has 0 aliphatic heterocycles. The van der Waals surface area contributed by atoms with E-state index in [9.17, 15) is 4.39 Å². The number of nitrogens with one attached hydrogen (secondary N) is 2. The first-order chi connectivity index (χ1) is 9.22. The van der Waals surface area contributed by atoms with Crippen molar-refractivity contribution in [1.82, 2.24) is 9.97 Å². The zero-order chi connectivity index (χ0) is 13.7. The van der Waals surface area contributed by atoms with Crippen molar-refractivity contribution in [3.05, 3.63) is 42.0 Å². The fraction of sp³-hybridized carbons (Fsp3) is 0.231. The summed E-state index contributed by atoms with van der Waals surface area (Å²) in [5.41, 5.74) is 0.808. The summed E-state index contributed by atoms with van der Waals surface area (Å²) in [4.78, 5) is 8.09. The Morgan fingerprint density at radius 2 is 2.00 bits per heavy atom. The zero-order valence-electron chi connectivity index (χ0n) is 10.8. The molecular weight excluding hydrogens is 247 g/mol. The minimum Gasteiger partial charge on any atom is -0.494 e. The van der Waals surface area contributed by atoms with Crippen molar-refractivity contribution in [3.8, 4) is 5.75 Å². The van der Waals surface area contributed by atoms with Gasteiger partial charge in [-0.1, -0.05) is 6.07 Å². The second kappa shape index (κ2) is 5.99. The lowest BCUT2D eigenvalue weighted by molar-refractivity contribution is 0.386. The lowest BCUT2D eigenvalue weighted by Gasteiger charge is -2.08. The average Bonchev–Trinajstić information content (AvgIpc) is 2.45. The Morgan fingerprint density at radius 3 is 2.68 bits per heavy atom. The summed E-state index contributed by atoms with van der Waals surface area (Å²) in [6.45, 7) is 0.473. The maximum absolute atomic E-state index is 13.5. The lowest BCUT2D eigenvalue weighted by Crippen LogP contribution is -2.03. The maximum Gasteiger partial charge on any atom is 0.165 e. The Morgan fingerprint density at radius 1 is 1.21 bits per heavy atom. The van der Waals surface area contributed by atoms with Crippen LogP contribution in [-0.4, -0.2) is 24.1 Å². The largest absolute Gasteiger partial charge is 0.494 e. The number of methoxy groups -OCH3 is 1. The van der Waals surface area contributed by atoms with E-state index in [0.717, 1.165) is 11.4 Å². The number of halogens is 1. The third-order valence-electron chi connectivity index (χ3n) is 2.61. The first-order valence-electron chi connectivity index (χ1n) is 5.79. The van der Waals surface area contributed by atoms with Crippen LogP contribution in [0, 0.1) is 5.82 Å². The number of benzene rings is 1. The molecule has 1 heterocycles. The van der Waals surface area contributed by atoms with E-state index < -0.39 is 0 Å². The molecule has 2 rings (SSSR count). The molecule has 0 fully saturated rings. The van der Waals surface area contributed by atoms with Gasteiger partial charge in [0.25, 0.3) is 0 Å². The van der Waals surface area contributed by atoms with E-state index in [4.69, 9.17) is 4.74 Å². The fourth-order valence-electron chi connectivity index (χ4n) is 1.60. The highest BCUT2D eigenvalue weighted by Gasteiger charge is 2.04. The van der Waals surface area contributed by atoms with Crippen molar-refractivity contribution in [2.24, 2.45) is 0 Å². The lowest BCUT2D eigenvalue weighted by atomic mass is 10.2. The standard InChI is InChI=1S/C13H15FN4O/c1-15-12-6-13(18-8-17-12)16-7-9-3-4-11(19-2)10(14)5-9/h3-6,8H,7H2,1-2H3,(H2,15,16,17,18). The van der Waals surface area contributed by atoms with Gasteiger partial charge in [0, 0.05) is 19.7 Å². The predicted octanol–water partition coefficient (Wildman–Crippen LogP) is 2.28. The normalized spacial score (nSPS) is 10.1. The third kappa shape index (κ3) is 3.31. The molecule has 0 amide bonds. The van der Waals surface area contributed by atoms with Crippen LogP contribution in [0.1, 0.15) is 5.56 Å². The Hall–Kier alpha value is -2.37. The fourth-order valence-corrected chi connectivity index (χ4v) is 1.60. The van der Waals surface area contributed by atoms with Crippen molar-refractivity contribution < 1.29 is 9.13 Å². The van der Waals surface area contributed by atoms with E-state index in [0.29, 0.717) is 12.4 Å². The summed E-state index contributed by atoms with van der Waals surface area (Å²) in [5.74, 6) is 1.26. The second-order valence-electron chi connectivity index (χ2n) is 3.86. The molecule has 0 aliphatic carbocycles. The minimum absolute atomic E-state index is 0.239. The highest BCUT2D eigenvalue weighted by Crippen LogP contribution is 2.18. The molecule has 100 valence electrons. The zero-order valence-corrected chi connectivity index (χ0v) is 10.8. The molecule has 0 saturated heterocycles. The summed E-state index contributed by atoms with van der Waals surface area (Å²) in [6.07, 6.45) is 1.46. The molecule has 0 spiro atoms. The van der Waals surface area contributed by atoms with Gasteiger partial charge in [-0.25, -0.2) is 14.4 Å². The van der Waals surface area contributed by atoms with Gasteiger partial charge in [-0.05, 0) is 17.7 Å². The first kappa shape index (κ1) is 13.1. The van der Waals surface area contributed by atoms with Crippen LogP contribution in [0.25, 0.3) is 0 Å². The van der Waals surface area contributed by atoms with Gasteiger partial charge in [0.05, 0.1) is 7.11 Å². The summed E-state index contributed by atoms with van der Waals surface area (Å²) in [6, 6.07) is 6.62. The van der Waals surface area contributed by atoms with Crippen LogP contribution in [0.2, 0.25) is 0 Å². The monoisotopic (exact) mass is 262 g/mol. The summed E-state index contributed by atoms with van der Waals surface area (Å²) in [7, 11) is 3.22. The Labute approximate surface area is 110 Å².